The number of hydrogen-bond donors (Lipinski definition) is 1. The largest absolute Gasteiger partial charge is 0.480 e. The Morgan fingerprint density at radius 3 is 2.89 bits per heavy atom. The molecule has 1 amide bonds. The number of carbonyl (C=O) groups excluding carboxylic acids is 1. The normalized spacial score (nSPS) is 15.4. The van der Waals surface area contributed by atoms with Crippen LogP contribution in [0.3, 0.4) is 0 Å². The highest BCUT2D eigenvalue weighted by Gasteiger charge is 2.38. The van der Waals surface area contributed by atoms with E-state index < -0.39 is 28.7 Å². The number of carboxylic acids is 1. The molecule has 0 spiro atoms. The van der Waals surface area contributed by atoms with Crippen molar-refractivity contribution >= 4 is 23.5 Å². The Morgan fingerprint density at radius 1 is 1.63 bits per heavy atom. The van der Waals surface area contributed by atoms with Gasteiger partial charge in [0.05, 0.1) is 0 Å². The van der Waals surface area contributed by atoms with Crippen LogP contribution < -0.4 is 9.64 Å². The van der Waals surface area contributed by atoms with E-state index in [1.165, 1.54) is 13.0 Å². The Morgan fingerprint density at radius 2 is 2.32 bits per heavy atom. The fraction of sp³-hybridized carbons (Fsp3) is 0.300. The van der Waals surface area contributed by atoms with Gasteiger partial charge in [0.1, 0.15) is 6.04 Å². The summed E-state index contributed by atoms with van der Waals surface area (Å²) in [6.45, 7) is 0.958. The molecule has 100 valence electrons. The van der Waals surface area contributed by atoms with E-state index in [0.717, 1.165) is 11.0 Å². The fourth-order valence-corrected chi connectivity index (χ4v) is 1.65. The topological polar surface area (TPSA) is 123 Å². The second kappa shape index (κ2) is 4.52. The van der Waals surface area contributed by atoms with Gasteiger partial charge in [-0.15, -0.1) is 0 Å². The molecule has 0 saturated heterocycles. The van der Waals surface area contributed by atoms with Crippen LogP contribution in [0.1, 0.15) is 6.92 Å². The zero-order valence-corrected chi connectivity index (χ0v) is 9.77. The second-order valence-corrected chi connectivity index (χ2v) is 3.81. The average molecular weight is 267 g/mol. The third kappa shape index (κ3) is 2.17. The van der Waals surface area contributed by atoms with Crippen molar-refractivity contribution in [3.63, 3.8) is 0 Å². The Labute approximate surface area is 106 Å². The SMILES string of the molecule is CC(C(=O)O)N1C(=O)COc2ccc([N+](=O)[O-])nc21. The molecule has 1 unspecified atom stereocenters. The summed E-state index contributed by atoms with van der Waals surface area (Å²) in [5.41, 5.74) is 0. The van der Waals surface area contributed by atoms with Gasteiger partial charge < -0.3 is 20.0 Å². The molecule has 1 aromatic rings. The summed E-state index contributed by atoms with van der Waals surface area (Å²) >= 11 is 0. The molecule has 0 saturated carbocycles. The highest BCUT2D eigenvalue weighted by molar-refractivity contribution is 6.01. The van der Waals surface area contributed by atoms with E-state index in [0.29, 0.717) is 0 Å². The van der Waals surface area contributed by atoms with Gasteiger partial charge in [0, 0.05) is 6.07 Å². The van der Waals surface area contributed by atoms with Crippen LogP contribution in [0.15, 0.2) is 12.1 Å². The number of pyridine rings is 1. The lowest BCUT2D eigenvalue weighted by Gasteiger charge is -2.27. The number of fused-ring (bicyclic) bond motifs is 1. The lowest BCUT2D eigenvalue weighted by molar-refractivity contribution is -0.389. The maximum atomic E-state index is 11.7. The van der Waals surface area contributed by atoms with Crippen molar-refractivity contribution in [1.82, 2.24) is 4.98 Å². The van der Waals surface area contributed by atoms with Crippen molar-refractivity contribution in [3.05, 3.63) is 22.2 Å². The van der Waals surface area contributed by atoms with Crippen LogP contribution >= 0.6 is 0 Å². The van der Waals surface area contributed by atoms with Crippen molar-refractivity contribution in [2.24, 2.45) is 0 Å². The first-order valence-electron chi connectivity index (χ1n) is 5.25. The molecule has 1 N–H and O–H groups in total. The molecule has 1 aliphatic heterocycles. The number of anilines is 1. The molecule has 9 nitrogen and oxygen atoms in total. The number of aromatic nitrogens is 1. The summed E-state index contributed by atoms with van der Waals surface area (Å²) in [5, 5.41) is 19.6. The van der Waals surface area contributed by atoms with Gasteiger partial charge in [0.25, 0.3) is 11.7 Å². The first-order valence-corrected chi connectivity index (χ1v) is 5.25. The smallest absolute Gasteiger partial charge is 0.366 e. The van der Waals surface area contributed by atoms with Crippen molar-refractivity contribution in [1.29, 1.82) is 0 Å². The predicted molar refractivity (Wildman–Crippen MR) is 61.0 cm³/mol. The number of rotatable bonds is 3. The van der Waals surface area contributed by atoms with Gasteiger partial charge in [0.2, 0.25) is 0 Å². The Balaban J connectivity index is 2.53. The quantitative estimate of drug-likeness (QED) is 0.612. The minimum Gasteiger partial charge on any atom is -0.480 e. The van der Waals surface area contributed by atoms with Crippen LogP contribution in [0.5, 0.6) is 5.75 Å². The maximum Gasteiger partial charge on any atom is 0.366 e. The van der Waals surface area contributed by atoms with Crippen molar-refractivity contribution in [2.45, 2.75) is 13.0 Å². The Kier molecular flexibility index (Phi) is 3.03. The van der Waals surface area contributed by atoms with Crippen LogP contribution in [0.4, 0.5) is 11.6 Å². The molecule has 0 bridgehead atoms. The number of nitrogens with zero attached hydrogens (tertiary/aromatic N) is 3. The third-order valence-electron chi connectivity index (χ3n) is 2.60. The molecule has 0 aromatic carbocycles. The molecule has 1 atom stereocenters. The molecule has 9 heteroatoms. The van der Waals surface area contributed by atoms with Crippen molar-refractivity contribution in [2.75, 3.05) is 11.5 Å². The van der Waals surface area contributed by atoms with Crippen LogP contribution in [0, 0.1) is 10.1 Å². The van der Waals surface area contributed by atoms with E-state index in [4.69, 9.17) is 9.84 Å². The summed E-state index contributed by atoms with van der Waals surface area (Å²) in [6, 6.07) is 1.22. The molecular weight excluding hydrogens is 258 g/mol. The minimum atomic E-state index is -1.24. The monoisotopic (exact) mass is 267 g/mol. The minimum absolute atomic E-state index is 0.137. The molecule has 1 aromatic heterocycles. The van der Waals surface area contributed by atoms with E-state index in [-0.39, 0.29) is 18.2 Å². The third-order valence-corrected chi connectivity index (χ3v) is 2.60. The van der Waals surface area contributed by atoms with Crippen LogP contribution in [-0.2, 0) is 9.59 Å². The lowest BCUT2D eigenvalue weighted by Crippen LogP contribution is -2.48. The first-order chi connectivity index (χ1) is 8.91. The van der Waals surface area contributed by atoms with Crippen LogP contribution in [0.2, 0.25) is 0 Å². The second-order valence-electron chi connectivity index (χ2n) is 3.81. The molecule has 2 rings (SSSR count). The number of hydrogen-bond acceptors (Lipinski definition) is 6. The summed E-state index contributed by atoms with van der Waals surface area (Å²) in [5.74, 6) is -2.36. The fourth-order valence-electron chi connectivity index (χ4n) is 1.65. The highest BCUT2D eigenvalue weighted by atomic mass is 16.6. The van der Waals surface area contributed by atoms with E-state index in [9.17, 15) is 19.7 Å². The molecular formula is C10H9N3O6. The number of ether oxygens (including phenoxy) is 1. The number of nitro groups is 1. The average Bonchev–Trinajstić information content (AvgIpc) is 2.37. The number of carbonyl (C=O) groups is 2. The van der Waals surface area contributed by atoms with Gasteiger partial charge in [-0.2, -0.15) is 0 Å². The molecule has 0 aliphatic carbocycles. The van der Waals surface area contributed by atoms with Gasteiger partial charge >= 0.3 is 11.8 Å². The summed E-state index contributed by atoms with van der Waals surface area (Å²) < 4.78 is 5.06. The number of aliphatic carboxylic acids is 1. The highest BCUT2D eigenvalue weighted by Crippen LogP contribution is 2.33. The first kappa shape index (κ1) is 12.7. The van der Waals surface area contributed by atoms with Gasteiger partial charge in [-0.05, 0) is 22.9 Å². The van der Waals surface area contributed by atoms with Gasteiger partial charge in [-0.1, -0.05) is 0 Å². The summed E-state index contributed by atoms with van der Waals surface area (Å²) in [4.78, 5) is 37.2. The van der Waals surface area contributed by atoms with Crippen LogP contribution in [-0.4, -0.2) is 39.5 Å². The summed E-state index contributed by atoms with van der Waals surface area (Å²) in [6.07, 6.45) is 0. The standard InChI is InChI=1S/C10H9N3O6/c1-5(10(15)16)12-8(14)4-19-6-2-3-7(13(17)18)11-9(6)12/h2-3,5H,4H2,1H3,(H,15,16). The van der Waals surface area contributed by atoms with Gasteiger partial charge in [-0.25, -0.2) is 4.79 Å². The molecule has 0 fully saturated rings. The lowest BCUT2D eigenvalue weighted by atomic mass is 10.2. The predicted octanol–water partition coefficient (Wildman–Crippen LogP) is 0.188. The van der Waals surface area contributed by atoms with E-state index in [1.54, 1.807) is 0 Å². The van der Waals surface area contributed by atoms with Crippen LogP contribution in [0.25, 0.3) is 0 Å². The van der Waals surface area contributed by atoms with E-state index in [1.807, 2.05) is 0 Å². The molecule has 0 radical (unpaired) electrons. The zero-order chi connectivity index (χ0) is 14.2. The maximum absolute atomic E-state index is 11.7. The van der Waals surface area contributed by atoms with Gasteiger partial charge in [-0.3, -0.25) is 9.69 Å². The molecule has 1 aliphatic rings. The Bertz CT molecular complexity index is 572. The van der Waals surface area contributed by atoms with E-state index >= 15 is 0 Å². The molecule has 2 heterocycles. The number of amides is 1. The summed E-state index contributed by atoms with van der Waals surface area (Å²) in [7, 11) is 0. The van der Waals surface area contributed by atoms with Gasteiger partial charge in [0.15, 0.2) is 12.4 Å². The molecule has 19 heavy (non-hydrogen) atoms. The van der Waals surface area contributed by atoms with Crippen molar-refractivity contribution in [3.8, 4) is 5.75 Å². The Hall–Kier alpha value is -2.71. The number of carboxylic acid groups (broad SMARTS) is 1. The van der Waals surface area contributed by atoms with Crippen molar-refractivity contribution < 1.29 is 24.4 Å². The zero-order valence-electron chi connectivity index (χ0n) is 9.77. The van der Waals surface area contributed by atoms with E-state index in [2.05, 4.69) is 4.98 Å².